The number of furan rings is 1. The monoisotopic (exact) mass is 506 g/mol. The standard InChI is InChI=1S/C32H30N2O4/c1-21-11-13-27(22(2)16-21)31(24-8-5-4-6-9-24)33-30(35)18-23-12-14-28-25(17-23)19-29(38-28)32(3,36)26-10-7-15-34(37)20-26/h4-17,19-20,31,36H,18H2,1-3H3,(H,33,35). The van der Waals surface area contributed by atoms with Crippen LogP contribution < -0.4 is 10.0 Å². The topological polar surface area (TPSA) is 89.4 Å². The Labute approximate surface area is 221 Å². The summed E-state index contributed by atoms with van der Waals surface area (Å²) in [5.74, 6) is 0.220. The molecule has 0 fully saturated rings. The van der Waals surface area contributed by atoms with Gasteiger partial charge < -0.3 is 20.0 Å². The van der Waals surface area contributed by atoms with E-state index in [1.165, 1.54) is 18.0 Å². The van der Waals surface area contributed by atoms with E-state index in [1.807, 2.05) is 42.5 Å². The molecule has 2 unspecified atom stereocenters. The molecule has 0 radical (unpaired) electrons. The number of nitrogens with zero attached hydrogens (tertiary/aromatic N) is 1. The smallest absolute Gasteiger partial charge is 0.225 e. The SMILES string of the molecule is Cc1ccc(C(NC(=O)Cc2ccc3oc(C(C)(O)c4ccc[n+]([O-])c4)cc3c2)c2ccccc2)c(C)c1. The van der Waals surface area contributed by atoms with Crippen LogP contribution in [0, 0.1) is 19.1 Å². The summed E-state index contributed by atoms with van der Waals surface area (Å²) in [6.45, 7) is 5.71. The van der Waals surface area contributed by atoms with Crippen LogP contribution in [-0.2, 0) is 16.8 Å². The molecule has 2 atom stereocenters. The summed E-state index contributed by atoms with van der Waals surface area (Å²) in [6, 6.07) is 26.5. The Balaban J connectivity index is 1.39. The molecule has 192 valence electrons. The van der Waals surface area contributed by atoms with Crippen LogP contribution in [0.5, 0.6) is 0 Å². The molecule has 2 aromatic heterocycles. The Morgan fingerprint density at radius 3 is 2.55 bits per heavy atom. The van der Waals surface area contributed by atoms with Crippen LogP contribution in [0.2, 0.25) is 0 Å². The second-order valence-electron chi connectivity index (χ2n) is 9.96. The van der Waals surface area contributed by atoms with E-state index in [9.17, 15) is 15.1 Å². The number of hydrogen-bond donors (Lipinski definition) is 2. The lowest BCUT2D eigenvalue weighted by molar-refractivity contribution is -0.606. The molecule has 3 aromatic carbocycles. The van der Waals surface area contributed by atoms with Crippen LogP contribution in [0.1, 0.15) is 52.1 Å². The van der Waals surface area contributed by atoms with E-state index in [0.29, 0.717) is 21.6 Å². The second-order valence-corrected chi connectivity index (χ2v) is 9.96. The Morgan fingerprint density at radius 2 is 1.82 bits per heavy atom. The first-order chi connectivity index (χ1) is 18.2. The van der Waals surface area contributed by atoms with Crippen LogP contribution in [0.4, 0.5) is 0 Å². The zero-order chi connectivity index (χ0) is 26.9. The first kappa shape index (κ1) is 25.2. The third-order valence-corrected chi connectivity index (χ3v) is 6.94. The number of hydrogen-bond acceptors (Lipinski definition) is 4. The summed E-state index contributed by atoms with van der Waals surface area (Å²) in [4.78, 5) is 13.3. The van der Waals surface area contributed by atoms with Crippen molar-refractivity contribution >= 4 is 16.9 Å². The van der Waals surface area contributed by atoms with Crippen LogP contribution in [-0.4, -0.2) is 11.0 Å². The van der Waals surface area contributed by atoms with Crippen molar-refractivity contribution in [3.63, 3.8) is 0 Å². The second kappa shape index (κ2) is 10.1. The van der Waals surface area contributed by atoms with Gasteiger partial charge >= 0.3 is 0 Å². The lowest BCUT2D eigenvalue weighted by Gasteiger charge is -2.22. The first-order valence-corrected chi connectivity index (χ1v) is 12.6. The molecule has 1 amide bonds. The molecular weight excluding hydrogens is 476 g/mol. The number of aromatic nitrogens is 1. The van der Waals surface area contributed by atoms with Gasteiger partial charge in [0.15, 0.2) is 12.4 Å². The lowest BCUT2D eigenvalue weighted by atomic mass is 9.93. The Morgan fingerprint density at radius 1 is 1.03 bits per heavy atom. The highest BCUT2D eigenvalue weighted by atomic mass is 16.5. The molecule has 6 heteroatoms. The van der Waals surface area contributed by atoms with E-state index < -0.39 is 5.60 Å². The number of benzene rings is 3. The molecular formula is C32H30N2O4. The van der Waals surface area contributed by atoms with Crippen molar-refractivity contribution in [2.24, 2.45) is 0 Å². The van der Waals surface area contributed by atoms with E-state index in [2.05, 4.69) is 37.4 Å². The van der Waals surface area contributed by atoms with Crippen LogP contribution >= 0.6 is 0 Å². The van der Waals surface area contributed by atoms with Crippen LogP contribution in [0.3, 0.4) is 0 Å². The molecule has 0 aliphatic carbocycles. The van der Waals surface area contributed by atoms with Crippen molar-refractivity contribution in [1.29, 1.82) is 0 Å². The largest absolute Gasteiger partial charge is 0.619 e. The highest BCUT2D eigenvalue weighted by Crippen LogP contribution is 2.33. The van der Waals surface area contributed by atoms with Gasteiger partial charge in [0.2, 0.25) is 5.91 Å². The van der Waals surface area contributed by atoms with Crippen molar-refractivity contribution in [3.05, 3.63) is 142 Å². The molecule has 0 saturated heterocycles. The molecule has 5 aromatic rings. The molecule has 0 saturated carbocycles. The highest BCUT2D eigenvalue weighted by molar-refractivity contribution is 5.83. The quantitative estimate of drug-likeness (QED) is 0.229. The van der Waals surface area contributed by atoms with E-state index in [4.69, 9.17) is 4.42 Å². The van der Waals surface area contributed by atoms with Crippen LogP contribution in [0.15, 0.2) is 102 Å². The average Bonchev–Trinajstić information content (AvgIpc) is 3.33. The summed E-state index contributed by atoms with van der Waals surface area (Å²) in [5, 5.41) is 26.9. The van der Waals surface area contributed by atoms with Crippen molar-refractivity contribution in [2.75, 3.05) is 0 Å². The molecule has 38 heavy (non-hydrogen) atoms. The number of aryl methyl sites for hydroxylation is 2. The average molecular weight is 507 g/mol. The lowest BCUT2D eigenvalue weighted by Crippen LogP contribution is -2.31. The van der Waals surface area contributed by atoms with Gasteiger partial charge in [-0.1, -0.05) is 60.2 Å². The minimum absolute atomic E-state index is 0.0989. The van der Waals surface area contributed by atoms with Gasteiger partial charge in [-0.25, -0.2) is 0 Å². The minimum atomic E-state index is -1.49. The molecule has 5 rings (SSSR count). The van der Waals surface area contributed by atoms with Crippen molar-refractivity contribution in [2.45, 2.75) is 38.8 Å². The van der Waals surface area contributed by atoms with Crippen molar-refractivity contribution < 1.29 is 19.0 Å². The summed E-state index contributed by atoms with van der Waals surface area (Å²) in [7, 11) is 0. The predicted molar refractivity (Wildman–Crippen MR) is 146 cm³/mol. The Hall–Kier alpha value is -4.42. The number of carbonyl (C=O) groups is 1. The molecule has 2 heterocycles. The first-order valence-electron chi connectivity index (χ1n) is 12.6. The van der Waals surface area contributed by atoms with Gasteiger partial charge in [0.05, 0.1) is 18.0 Å². The number of rotatable bonds is 7. The summed E-state index contributed by atoms with van der Waals surface area (Å²) >= 11 is 0. The van der Waals surface area contributed by atoms with E-state index in [1.54, 1.807) is 31.2 Å². The minimum Gasteiger partial charge on any atom is -0.619 e. The van der Waals surface area contributed by atoms with E-state index in [-0.39, 0.29) is 18.4 Å². The number of aliphatic hydroxyl groups is 1. The molecule has 6 nitrogen and oxygen atoms in total. The normalized spacial score (nSPS) is 13.7. The molecule has 0 aliphatic heterocycles. The number of pyridine rings is 1. The summed E-state index contributed by atoms with van der Waals surface area (Å²) in [6.07, 6.45) is 2.87. The zero-order valence-corrected chi connectivity index (χ0v) is 21.6. The number of carbonyl (C=O) groups excluding carboxylic acids is 1. The Bertz CT molecular complexity index is 1600. The van der Waals surface area contributed by atoms with Gasteiger partial charge in [0.1, 0.15) is 16.9 Å². The Kier molecular flexibility index (Phi) is 6.74. The maximum Gasteiger partial charge on any atom is 0.225 e. The maximum atomic E-state index is 13.3. The number of amides is 1. The van der Waals surface area contributed by atoms with Gasteiger partial charge in [0.25, 0.3) is 0 Å². The van der Waals surface area contributed by atoms with Gasteiger partial charge in [-0.15, -0.1) is 0 Å². The van der Waals surface area contributed by atoms with Gasteiger partial charge in [-0.2, -0.15) is 4.73 Å². The number of nitrogens with one attached hydrogen (secondary N) is 1. The fraction of sp³-hybridized carbons (Fsp3) is 0.188. The van der Waals surface area contributed by atoms with Gasteiger partial charge in [-0.05, 0) is 67.3 Å². The molecule has 2 N–H and O–H groups in total. The zero-order valence-electron chi connectivity index (χ0n) is 21.6. The fourth-order valence-electron chi connectivity index (χ4n) is 4.86. The third kappa shape index (κ3) is 5.17. The molecule has 0 aliphatic rings. The summed E-state index contributed by atoms with van der Waals surface area (Å²) < 4.78 is 6.57. The van der Waals surface area contributed by atoms with Crippen molar-refractivity contribution in [3.8, 4) is 0 Å². The van der Waals surface area contributed by atoms with Crippen molar-refractivity contribution in [1.82, 2.24) is 5.32 Å². The summed E-state index contributed by atoms with van der Waals surface area (Å²) in [5.41, 5.74) is 4.73. The predicted octanol–water partition coefficient (Wildman–Crippen LogP) is 5.39. The molecule has 0 spiro atoms. The molecule has 0 bridgehead atoms. The van der Waals surface area contributed by atoms with E-state index in [0.717, 1.165) is 27.6 Å². The third-order valence-electron chi connectivity index (χ3n) is 6.94. The van der Waals surface area contributed by atoms with Gasteiger partial charge in [-0.3, -0.25) is 4.79 Å². The fourth-order valence-corrected chi connectivity index (χ4v) is 4.86. The van der Waals surface area contributed by atoms with Crippen LogP contribution in [0.25, 0.3) is 11.0 Å². The van der Waals surface area contributed by atoms with Gasteiger partial charge in [0, 0.05) is 11.5 Å². The number of fused-ring (bicyclic) bond motifs is 1. The maximum absolute atomic E-state index is 13.3. The highest BCUT2D eigenvalue weighted by Gasteiger charge is 2.32. The van der Waals surface area contributed by atoms with E-state index >= 15 is 0 Å².